The van der Waals surface area contributed by atoms with Crippen LogP contribution in [0.1, 0.15) is 16.8 Å². The van der Waals surface area contributed by atoms with E-state index in [0.717, 1.165) is 10.9 Å². The number of aromatic nitrogens is 1. The maximum absolute atomic E-state index is 13.7. The molecule has 25 heavy (non-hydrogen) atoms. The lowest BCUT2D eigenvalue weighted by Crippen LogP contribution is -2.26. The molecule has 0 spiro atoms. The van der Waals surface area contributed by atoms with Crippen molar-refractivity contribution < 1.29 is 13.9 Å². The average molecular weight is 403 g/mol. The predicted octanol–water partition coefficient (Wildman–Crippen LogP) is 4.34. The maximum atomic E-state index is 13.7. The first-order chi connectivity index (χ1) is 12.1. The number of para-hydroxylation sites is 1. The molecule has 128 valence electrons. The Balaban J connectivity index is 1.50. The van der Waals surface area contributed by atoms with Crippen LogP contribution < -0.4 is 10.1 Å². The quantitative estimate of drug-likeness (QED) is 0.624. The zero-order chi connectivity index (χ0) is 17.6. The monoisotopic (exact) mass is 402 g/mol. The molecule has 0 aliphatic carbocycles. The van der Waals surface area contributed by atoms with E-state index in [2.05, 4.69) is 26.2 Å². The molecule has 0 saturated carbocycles. The average Bonchev–Trinajstić information content (AvgIpc) is 2.63. The van der Waals surface area contributed by atoms with Gasteiger partial charge in [-0.05, 0) is 36.8 Å². The molecule has 2 aromatic carbocycles. The number of amides is 1. The molecule has 0 atom stereocenters. The normalized spacial score (nSPS) is 10.6. The zero-order valence-corrected chi connectivity index (χ0v) is 14.9. The molecule has 0 bridgehead atoms. The van der Waals surface area contributed by atoms with Crippen LogP contribution in [0.5, 0.6) is 5.75 Å². The molecule has 0 radical (unpaired) electrons. The number of fused-ring (bicyclic) bond motifs is 1. The summed E-state index contributed by atoms with van der Waals surface area (Å²) in [5.41, 5.74) is 0.832. The Bertz CT molecular complexity index is 896. The van der Waals surface area contributed by atoms with E-state index >= 15 is 0 Å². The minimum Gasteiger partial charge on any atom is -0.491 e. The first kappa shape index (κ1) is 17.4. The summed E-state index contributed by atoms with van der Waals surface area (Å²) in [7, 11) is 0. The van der Waals surface area contributed by atoms with E-state index in [-0.39, 0.29) is 5.56 Å². The van der Waals surface area contributed by atoms with Gasteiger partial charge in [-0.2, -0.15) is 0 Å². The first-order valence-electron chi connectivity index (χ1n) is 7.85. The second kappa shape index (κ2) is 8.07. The Morgan fingerprint density at radius 3 is 2.92 bits per heavy atom. The van der Waals surface area contributed by atoms with Crippen molar-refractivity contribution in [3.8, 4) is 5.75 Å². The number of nitrogens with zero attached hydrogens (tertiary/aromatic N) is 1. The van der Waals surface area contributed by atoms with Gasteiger partial charge in [0.25, 0.3) is 5.91 Å². The van der Waals surface area contributed by atoms with Crippen molar-refractivity contribution in [3.63, 3.8) is 0 Å². The summed E-state index contributed by atoms with van der Waals surface area (Å²) in [5, 5.41) is 3.71. The van der Waals surface area contributed by atoms with Gasteiger partial charge in [-0.1, -0.05) is 34.1 Å². The largest absolute Gasteiger partial charge is 0.491 e. The molecule has 3 rings (SSSR count). The third kappa shape index (κ3) is 4.33. The molecule has 0 unspecified atom stereocenters. The van der Waals surface area contributed by atoms with Crippen molar-refractivity contribution in [2.24, 2.45) is 0 Å². The number of hydrogen-bond donors (Lipinski definition) is 1. The Kier molecular flexibility index (Phi) is 5.60. The van der Waals surface area contributed by atoms with Gasteiger partial charge in [-0.15, -0.1) is 0 Å². The number of halogens is 2. The highest BCUT2D eigenvalue weighted by atomic mass is 79.9. The molecular formula is C19H16BrFN2O2. The van der Waals surface area contributed by atoms with Crippen LogP contribution in [-0.2, 0) is 0 Å². The molecule has 4 nitrogen and oxygen atoms in total. The molecule has 0 saturated heterocycles. The van der Waals surface area contributed by atoms with Crippen LogP contribution in [0, 0.1) is 5.82 Å². The van der Waals surface area contributed by atoms with Gasteiger partial charge in [0, 0.05) is 22.6 Å². The molecule has 6 heteroatoms. The Labute approximate surface area is 153 Å². The van der Waals surface area contributed by atoms with E-state index in [1.54, 1.807) is 12.3 Å². The summed E-state index contributed by atoms with van der Waals surface area (Å²) in [6.45, 7) is 0.819. The summed E-state index contributed by atoms with van der Waals surface area (Å²) in [5.74, 6) is -0.271. The number of carbonyl (C=O) groups is 1. The van der Waals surface area contributed by atoms with E-state index in [4.69, 9.17) is 4.74 Å². The van der Waals surface area contributed by atoms with Crippen LogP contribution in [0.25, 0.3) is 10.9 Å². The van der Waals surface area contributed by atoms with Crippen LogP contribution in [0.4, 0.5) is 4.39 Å². The SMILES string of the molecule is O=C(NCCCOc1cccc2cccnc12)c1cc(Br)ccc1F. The van der Waals surface area contributed by atoms with Crippen molar-refractivity contribution in [2.75, 3.05) is 13.2 Å². The van der Waals surface area contributed by atoms with Gasteiger partial charge in [0.1, 0.15) is 17.1 Å². The van der Waals surface area contributed by atoms with E-state index in [1.165, 1.54) is 12.1 Å². The standard InChI is InChI=1S/C19H16BrFN2O2/c20-14-7-8-16(21)15(12-14)19(24)23-10-3-11-25-17-6-1-4-13-5-2-9-22-18(13)17/h1-2,4-9,12H,3,10-11H2,(H,23,24). The lowest BCUT2D eigenvalue weighted by molar-refractivity contribution is 0.0947. The van der Waals surface area contributed by atoms with Gasteiger partial charge < -0.3 is 10.1 Å². The van der Waals surface area contributed by atoms with Gasteiger partial charge >= 0.3 is 0 Å². The molecule has 1 amide bonds. The van der Waals surface area contributed by atoms with Gasteiger partial charge in [-0.25, -0.2) is 4.39 Å². The van der Waals surface area contributed by atoms with Gasteiger partial charge in [0.05, 0.1) is 12.2 Å². The van der Waals surface area contributed by atoms with Crippen molar-refractivity contribution in [1.82, 2.24) is 10.3 Å². The number of hydrogen-bond acceptors (Lipinski definition) is 3. The Morgan fingerprint density at radius 1 is 1.20 bits per heavy atom. The third-order valence-corrected chi connectivity index (χ3v) is 4.13. The molecule has 0 aliphatic rings. The van der Waals surface area contributed by atoms with Gasteiger partial charge in [0.2, 0.25) is 0 Å². The third-order valence-electron chi connectivity index (χ3n) is 3.63. The maximum Gasteiger partial charge on any atom is 0.254 e. The Morgan fingerprint density at radius 2 is 2.04 bits per heavy atom. The molecule has 0 fully saturated rings. The summed E-state index contributed by atoms with van der Waals surface area (Å²) in [4.78, 5) is 16.3. The molecular weight excluding hydrogens is 387 g/mol. The minimum absolute atomic E-state index is 0.0218. The van der Waals surface area contributed by atoms with Gasteiger partial charge in [0.15, 0.2) is 0 Å². The van der Waals surface area contributed by atoms with Crippen molar-refractivity contribution >= 4 is 32.7 Å². The number of rotatable bonds is 6. The lowest BCUT2D eigenvalue weighted by atomic mass is 10.2. The number of ether oxygens (including phenoxy) is 1. The smallest absolute Gasteiger partial charge is 0.254 e. The highest BCUT2D eigenvalue weighted by Crippen LogP contribution is 2.22. The number of benzene rings is 2. The van der Waals surface area contributed by atoms with E-state index in [1.807, 2.05) is 30.3 Å². The second-order valence-electron chi connectivity index (χ2n) is 5.41. The lowest BCUT2D eigenvalue weighted by Gasteiger charge is -2.09. The topological polar surface area (TPSA) is 51.2 Å². The molecule has 0 aliphatic heterocycles. The molecule has 3 aromatic rings. The Hall–Kier alpha value is -2.47. The van der Waals surface area contributed by atoms with Crippen LogP contribution in [0.2, 0.25) is 0 Å². The van der Waals surface area contributed by atoms with Crippen LogP contribution >= 0.6 is 15.9 Å². The number of carbonyl (C=O) groups excluding carboxylic acids is 1. The zero-order valence-electron chi connectivity index (χ0n) is 13.3. The summed E-state index contributed by atoms with van der Waals surface area (Å²) >= 11 is 3.23. The molecule has 1 N–H and O–H groups in total. The number of pyridine rings is 1. The highest BCUT2D eigenvalue weighted by Gasteiger charge is 2.11. The van der Waals surface area contributed by atoms with Crippen molar-refractivity contribution in [1.29, 1.82) is 0 Å². The fraction of sp³-hybridized carbons (Fsp3) is 0.158. The summed E-state index contributed by atoms with van der Waals surface area (Å²) < 4.78 is 20.1. The van der Waals surface area contributed by atoms with E-state index in [9.17, 15) is 9.18 Å². The second-order valence-corrected chi connectivity index (χ2v) is 6.33. The molecule has 1 heterocycles. The molecule has 1 aromatic heterocycles. The fourth-order valence-corrected chi connectivity index (χ4v) is 2.78. The van der Waals surface area contributed by atoms with E-state index < -0.39 is 11.7 Å². The first-order valence-corrected chi connectivity index (χ1v) is 8.64. The highest BCUT2D eigenvalue weighted by molar-refractivity contribution is 9.10. The number of nitrogens with one attached hydrogen (secondary N) is 1. The van der Waals surface area contributed by atoms with Crippen LogP contribution in [-0.4, -0.2) is 24.0 Å². The summed E-state index contributed by atoms with van der Waals surface area (Å²) in [6, 6.07) is 13.9. The van der Waals surface area contributed by atoms with Crippen molar-refractivity contribution in [2.45, 2.75) is 6.42 Å². The van der Waals surface area contributed by atoms with Gasteiger partial charge in [-0.3, -0.25) is 9.78 Å². The van der Waals surface area contributed by atoms with Crippen molar-refractivity contribution in [3.05, 3.63) is 70.6 Å². The van der Waals surface area contributed by atoms with Crippen LogP contribution in [0.15, 0.2) is 59.2 Å². The summed E-state index contributed by atoms with van der Waals surface area (Å²) in [6.07, 6.45) is 2.33. The van der Waals surface area contributed by atoms with Crippen LogP contribution in [0.3, 0.4) is 0 Å². The van der Waals surface area contributed by atoms with E-state index in [0.29, 0.717) is 29.8 Å². The minimum atomic E-state index is -0.543. The predicted molar refractivity (Wildman–Crippen MR) is 98.3 cm³/mol. The fourth-order valence-electron chi connectivity index (χ4n) is 2.42.